The van der Waals surface area contributed by atoms with Crippen molar-refractivity contribution in [2.45, 2.75) is 58.0 Å². The molecule has 0 bridgehead atoms. The van der Waals surface area contributed by atoms with Crippen LogP contribution in [0, 0.1) is 11.8 Å². The van der Waals surface area contributed by atoms with Gasteiger partial charge in [0.2, 0.25) is 0 Å². The Morgan fingerprint density at radius 3 is 2.59 bits per heavy atom. The number of esters is 1. The largest absolute Gasteiger partial charge is 0.463 e. The molecule has 0 amide bonds. The maximum Gasteiger partial charge on any atom is 0.302 e. The summed E-state index contributed by atoms with van der Waals surface area (Å²) >= 11 is 0. The summed E-state index contributed by atoms with van der Waals surface area (Å²) in [7, 11) is 0. The zero-order chi connectivity index (χ0) is 12.1. The monoisotopic (exact) mass is 240 g/mol. The van der Waals surface area contributed by atoms with Gasteiger partial charge in [0, 0.05) is 6.92 Å². The minimum atomic E-state index is -0.218. The van der Waals surface area contributed by atoms with Crippen LogP contribution >= 0.6 is 0 Å². The zero-order valence-electron chi connectivity index (χ0n) is 10.8. The van der Waals surface area contributed by atoms with Gasteiger partial charge in [-0.3, -0.25) is 4.79 Å². The number of hydrogen-bond acceptors (Lipinski definition) is 3. The molecule has 3 unspecified atom stereocenters. The summed E-state index contributed by atoms with van der Waals surface area (Å²) in [6.45, 7) is 2.40. The lowest BCUT2D eigenvalue weighted by molar-refractivity contribution is -0.143. The van der Waals surface area contributed by atoms with E-state index >= 15 is 0 Å². The lowest BCUT2D eigenvalue weighted by Gasteiger charge is -2.39. The fraction of sp³-hybridized carbons (Fsp3) is 0.929. The Bertz CT molecular complexity index is 252. The van der Waals surface area contributed by atoms with E-state index in [4.69, 9.17) is 9.47 Å². The van der Waals surface area contributed by atoms with Crippen molar-refractivity contribution in [1.82, 2.24) is 0 Å². The number of carbonyl (C=O) groups is 1. The van der Waals surface area contributed by atoms with E-state index in [1.54, 1.807) is 0 Å². The smallest absolute Gasteiger partial charge is 0.302 e. The van der Waals surface area contributed by atoms with Gasteiger partial charge < -0.3 is 9.47 Å². The first kappa shape index (κ1) is 12.9. The summed E-state index contributed by atoms with van der Waals surface area (Å²) in [4.78, 5) is 10.6. The highest BCUT2D eigenvalue weighted by Crippen LogP contribution is 2.41. The molecule has 0 aliphatic heterocycles. The van der Waals surface area contributed by atoms with Gasteiger partial charge in [-0.1, -0.05) is 25.7 Å². The number of carbonyl (C=O) groups excluding carboxylic acids is 1. The first-order chi connectivity index (χ1) is 8.25. The van der Waals surface area contributed by atoms with Gasteiger partial charge in [0.15, 0.2) is 0 Å². The van der Waals surface area contributed by atoms with Crippen molar-refractivity contribution >= 4 is 5.97 Å². The third-order valence-corrected chi connectivity index (χ3v) is 4.23. The van der Waals surface area contributed by atoms with Crippen molar-refractivity contribution in [1.29, 1.82) is 0 Å². The van der Waals surface area contributed by atoms with E-state index in [0.717, 1.165) is 11.8 Å². The summed E-state index contributed by atoms with van der Waals surface area (Å²) in [5, 5.41) is 0. The van der Waals surface area contributed by atoms with E-state index in [0.29, 0.717) is 19.3 Å². The average Bonchev–Trinajstić information content (AvgIpc) is 2.34. The first-order valence-electron chi connectivity index (χ1n) is 7.00. The SMILES string of the molecule is CC(=O)OCCOC1CCC2CCCCC2C1. The van der Waals surface area contributed by atoms with Gasteiger partial charge in [0.05, 0.1) is 12.7 Å². The molecule has 0 spiro atoms. The summed E-state index contributed by atoms with van der Waals surface area (Å²) in [6.07, 6.45) is 9.83. The molecule has 0 aromatic carbocycles. The van der Waals surface area contributed by atoms with Crippen LogP contribution in [-0.2, 0) is 14.3 Å². The molecule has 0 heterocycles. The van der Waals surface area contributed by atoms with Gasteiger partial charge >= 0.3 is 5.97 Å². The van der Waals surface area contributed by atoms with Crippen LogP contribution in [0.5, 0.6) is 0 Å². The maximum atomic E-state index is 10.6. The molecule has 98 valence electrons. The third kappa shape index (κ3) is 3.98. The Morgan fingerprint density at radius 1 is 1.06 bits per heavy atom. The topological polar surface area (TPSA) is 35.5 Å². The lowest BCUT2D eigenvalue weighted by atomic mass is 9.70. The van der Waals surface area contributed by atoms with Crippen molar-refractivity contribution < 1.29 is 14.3 Å². The van der Waals surface area contributed by atoms with Gasteiger partial charge in [0.1, 0.15) is 6.61 Å². The fourth-order valence-corrected chi connectivity index (χ4v) is 3.38. The quantitative estimate of drug-likeness (QED) is 0.560. The van der Waals surface area contributed by atoms with Crippen molar-refractivity contribution in [3.63, 3.8) is 0 Å². The van der Waals surface area contributed by atoms with Crippen LogP contribution in [0.4, 0.5) is 0 Å². The van der Waals surface area contributed by atoms with Gasteiger partial charge in [-0.25, -0.2) is 0 Å². The molecule has 3 heteroatoms. The second-order valence-corrected chi connectivity index (χ2v) is 5.45. The molecule has 2 saturated carbocycles. The van der Waals surface area contributed by atoms with Crippen LogP contribution in [0.15, 0.2) is 0 Å². The highest BCUT2D eigenvalue weighted by molar-refractivity contribution is 5.65. The molecule has 0 aromatic heterocycles. The summed E-state index contributed by atoms with van der Waals surface area (Å²) < 4.78 is 10.7. The van der Waals surface area contributed by atoms with Crippen LogP contribution in [0.2, 0.25) is 0 Å². The van der Waals surface area contributed by atoms with Crippen LogP contribution in [0.3, 0.4) is 0 Å². The number of hydrogen-bond donors (Lipinski definition) is 0. The molecule has 3 nitrogen and oxygen atoms in total. The van der Waals surface area contributed by atoms with E-state index in [2.05, 4.69) is 0 Å². The third-order valence-electron chi connectivity index (χ3n) is 4.23. The van der Waals surface area contributed by atoms with Gasteiger partial charge in [0.25, 0.3) is 0 Å². The van der Waals surface area contributed by atoms with E-state index in [1.165, 1.54) is 51.9 Å². The van der Waals surface area contributed by atoms with Crippen LogP contribution in [0.1, 0.15) is 51.9 Å². The first-order valence-corrected chi connectivity index (χ1v) is 7.00. The summed E-state index contributed by atoms with van der Waals surface area (Å²) in [6, 6.07) is 0. The molecule has 2 rings (SSSR count). The van der Waals surface area contributed by atoms with Crippen LogP contribution in [-0.4, -0.2) is 25.3 Å². The van der Waals surface area contributed by atoms with Crippen molar-refractivity contribution in [2.24, 2.45) is 11.8 Å². The lowest BCUT2D eigenvalue weighted by Crippen LogP contribution is -2.32. The standard InChI is InChI=1S/C14H24O3/c1-11(15)16-8-9-17-14-7-6-12-4-2-3-5-13(12)10-14/h12-14H,2-10H2,1H3. The van der Waals surface area contributed by atoms with E-state index < -0.39 is 0 Å². The highest BCUT2D eigenvalue weighted by atomic mass is 16.6. The summed E-state index contributed by atoms with van der Waals surface area (Å²) in [5.41, 5.74) is 0. The molecule has 0 N–H and O–H groups in total. The number of rotatable bonds is 4. The molecule has 2 aliphatic rings. The Balaban J connectivity index is 1.64. The second-order valence-electron chi connectivity index (χ2n) is 5.45. The molecule has 17 heavy (non-hydrogen) atoms. The molecule has 0 saturated heterocycles. The van der Waals surface area contributed by atoms with Gasteiger partial charge in [-0.15, -0.1) is 0 Å². The molecule has 0 radical (unpaired) electrons. The highest BCUT2D eigenvalue weighted by Gasteiger charge is 2.32. The van der Waals surface area contributed by atoms with Crippen molar-refractivity contribution in [2.75, 3.05) is 13.2 Å². The average molecular weight is 240 g/mol. The number of fused-ring (bicyclic) bond motifs is 1. The van der Waals surface area contributed by atoms with Crippen LogP contribution < -0.4 is 0 Å². The maximum absolute atomic E-state index is 10.6. The minimum Gasteiger partial charge on any atom is -0.463 e. The van der Waals surface area contributed by atoms with Crippen molar-refractivity contribution in [3.05, 3.63) is 0 Å². The summed E-state index contributed by atoms with van der Waals surface area (Å²) in [5.74, 6) is 1.65. The molecule has 3 atom stereocenters. The van der Waals surface area contributed by atoms with E-state index in [9.17, 15) is 4.79 Å². The molecular formula is C14H24O3. The molecule has 2 aliphatic carbocycles. The molecular weight excluding hydrogens is 216 g/mol. The Morgan fingerprint density at radius 2 is 1.82 bits per heavy atom. The Kier molecular flexibility index (Phi) is 4.84. The molecule has 0 aromatic rings. The second kappa shape index (κ2) is 6.39. The fourth-order valence-electron chi connectivity index (χ4n) is 3.38. The minimum absolute atomic E-state index is 0.218. The van der Waals surface area contributed by atoms with E-state index in [1.807, 2.05) is 0 Å². The zero-order valence-corrected chi connectivity index (χ0v) is 10.8. The van der Waals surface area contributed by atoms with Crippen LogP contribution in [0.25, 0.3) is 0 Å². The predicted molar refractivity (Wildman–Crippen MR) is 65.7 cm³/mol. The number of ether oxygens (including phenoxy) is 2. The van der Waals surface area contributed by atoms with Crippen molar-refractivity contribution in [3.8, 4) is 0 Å². The Labute approximate surface area is 104 Å². The van der Waals surface area contributed by atoms with E-state index in [-0.39, 0.29) is 5.97 Å². The van der Waals surface area contributed by atoms with Gasteiger partial charge in [-0.2, -0.15) is 0 Å². The predicted octanol–water partition coefficient (Wildman–Crippen LogP) is 2.93. The molecule has 2 fully saturated rings. The Hall–Kier alpha value is -0.570. The normalized spacial score (nSPS) is 32.9. The van der Waals surface area contributed by atoms with Gasteiger partial charge in [-0.05, 0) is 31.1 Å².